The van der Waals surface area contributed by atoms with Crippen LogP contribution in [0, 0.1) is 0 Å². The molecule has 1 aliphatic rings. The van der Waals surface area contributed by atoms with Crippen LogP contribution < -0.4 is 0 Å². The van der Waals surface area contributed by atoms with Crippen molar-refractivity contribution < 1.29 is 18.3 Å². The first kappa shape index (κ1) is 12.3. The van der Waals surface area contributed by atoms with Crippen molar-refractivity contribution in [1.82, 2.24) is 4.31 Å². The fourth-order valence-corrected chi connectivity index (χ4v) is 3.32. The van der Waals surface area contributed by atoms with Crippen LogP contribution >= 0.6 is 0 Å². The zero-order chi connectivity index (χ0) is 12.3. The van der Waals surface area contributed by atoms with Crippen LogP contribution in [-0.4, -0.2) is 44.1 Å². The van der Waals surface area contributed by atoms with Gasteiger partial charge in [-0.05, 0) is 18.6 Å². The number of para-hydroxylation sites is 1. The second-order valence-corrected chi connectivity index (χ2v) is 5.74. The van der Waals surface area contributed by atoms with Crippen molar-refractivity contribution in [3.8, 4) is 5.75 Å². The summed E-state index contributed by atoms with van der Waals surface area (Å²) in [5.41, 5.74) is 0. The molecule has 2 rings (SSSR count). The molecule has 17 heavy (non-hydrogen) atoms. The number of sulfonamides is 1. The molecule has 1 N–H and O–H groups in total. The first-order valence-electron chi connectivity index (χ1n) is 5.48. The van der Waals surface area contributed by atoms with E-state index in [2.05, 4.69) is 0 Å². The van der Waals surface area contributed by atoms with Crippen LogP contribution in [0.15, 0.2) is 29.2 Å². The van der Waals surface area contributed by atoms with Crippen molar-refractivity contribution in [3.63, 3.8) is 0 Å². The number of hydrogen-bond acceptors (Lipinski definition) is 4. The summed E-state index contributed by atoms with van der Waals surface area (Å²) in [7, 11) is -3.61. The molecular formula is C11H15NO4S. The number of aromatic hydroxyl groups is 1. The Morgan fingerprint density at radius 1 is 1.18 bits per heavy atom. The molecule has 0 aliphatic carbocycles. The van der Waals surface area contributed by atoms with Gasteiger partial charge in [-0.3, -0.25) is 0 Å². The lowest BCUT2D eigenvalue weighted by Gasteiger charge is -2.19. The first-order chi connectivity index (χ1) is 8.12. The Morgan fingerprint density at radius 2 is 1.94 bits per heavy atom. The monoisotopic (exact) mass is 257 g/mol. The second-order valence-electron chi connectivity index (χ2n) is 3.84. The molecule has 1 aromatic rings. The van der Waals surface area contributed by atoms with Crippen molar-refractivity contribution >= 4 is 10.0 Å². The number of nitrogens with zero attached hydrogens (tertiary/aromatic N) is 1. The highest BCUT2D eigenvalue weighted by Crippen LogP contribution is 2.25. The van der Waals surface area contributed by atoms with Gasteiger partial charge in [0.15, 0.2) is 0 Å². The molecule has 0 amide bonds. The van der Waals surface area contributed by atoms with E-state index in [0.717, 1.165) is 0 Å². The summed E-state index contributed by atoms with van der Waals surface area (Å²) in [4.78, 5) is -0.0399. The van der Waals surface area contributed by atoms with E-state index in [9.17, 15) is 13.5 Å². The van der Waals surface area contributed by atoms with E-state index in [0.29, 0.717) is 32.7 Å². The highest BCUT2D eigenvalue weighted by atomic mass is 32.2. The Bertz CT molecular complexity index is 478. The number of phenols is 1. The average molecular weight is 257 g/mol. The van der Waals surface area contributed by atoms with Gasteiger partial charge in [-0.25, -0.2) is 8.42 Å². The molecule has 0 spiro atoms. The second kappa shape index (κ2) is 5.03. The molecule has 94 valence electrons. The third kappa shape index (κ3) is 2.59. The first-order valence-corrected chi connectivity index (χ1v) is 6.92. The summed E-state index contributed by atoms with van der Waals surface area (Å²) in [5.74, 6) is -0.210. The minimum absolute atomic E-state index is 0.0399. The van der Waals surface area contributed by atoms with E-state index in [1.807, 2.05) is 0 Å². The van der Waals surface area contributed by atoms with Crippen LogP contribution in [0.4, 0.5) is 0 Å². The maximum Gasteiger partial charge on any atom is 0.246 e. The van der Waals surface area contributed by atoms with Gasteiger partial charge in [-0.2, -0.15) is 4.31 Å². The molecule has 1 saturated heterocycles. The Hall–Kier alpha value is -1.11. The summed E-state index contributed by atoms with van der Waals surface area (Å²) >= 11 is 0. The fraction of sp³-hybridized carbons (Fsp3) is 0.455. The van der Waals surface area contributed by atoms with Crippen molar-refractivity contribution in [2.24, 2.45) is 0 Å². The highest BCUT2D eigenvalue weighted by Gasteiger charge is 2.27. The van der Waals surface area contributed by atoms with Gasteiger partial charge in [0.2, 0.25) is 10.0 Å². The number of benzene rings is 1. The maximum absolute atomic E-state index is 12.3. The fourth-order valence-electron chi connectivity index (χ4n) is 1.78. The van der Waals surface area contributed by atoms with Gasteiger partial charge in [-0.1, -0.05) is 12.1 Å². The van der Waals surface area contributed by atoms with Gasteiger partial charge in [0, 0.05) is 19.7 Å². The van der Waals surface area contributed by atoms with Crippen molar-refractivity contribution in [2.75, 3.05) is 26.3 Å². The molecule has 0 aromatic heterocycles. The molecular weight excluding hydrogens is 242 g/mol. The SMILES string of the molecule is O=S(=O)(c1ccccc1O)N1CCCOCC1. The molecule has 1 aromatic carbocycles. The van der Waals surface area contributed by atoms with E-state index in [1.54, 1.807) is 12.1 Å². The Balaban J connectivity index is 2.32. The average Bonchev–Trinajstić information content (AvgIpc) is 2.58. The third-order valence-electron chi connectivity index (χ3n) is 2.66. The molecule has 1 aliphatic heterocycles. The minimum Gasteiger partial charge on any atom is -0.507 e. The molecule has 0 bridgehead atoms. The summed E-state index contributed by atoms with van der Waals surface area (Å²) in [5, 5.41) is 9.61. The summed E-state index contributed by atoms with van der Waals surface area (Å²) in [6, 6.07) is 5.98. The predicted octanol–water partition coefficient (Wildman–Crippen LogP) is 0.803. The van der Waals surface area contributed by atoms with Crippen LogP contribution in [0.25, 0.3) is 0 Å². The van der Waals surface area contributed by atoms with Crippen LogP contribution in [-0.2, 0) is 14.8 Å². The number of hydrogen-bond donors (Lipinski definition) is 1. The Kier molecular flexibility index (Phi) is 3.66. The van der Waals surface area contributed by atoms with E-state index in [1.165, 1.54) is 16.4 Å². The maximum atomic E-state index is 12.3. The lowest BCUT2D eigenvalue weighted by molar-refractivity contribution is 0.148. The normalized spacial score (nSPS) is 18.8. The Morgan fingerprint density at radius 3 is 2.71 bits per heavy atom. The van der Waals surface area contributed by atoms with Crippen molar-refractivity contribution in [3.05, 3.63) is 24.3 Å². The lowest BCUT2D eigenvalue weighted by atomic mass is 10.3. The van der Waals surface area contributed by atoms with Crippen molar-refractivity contribution in [2.45, 2.75) is 11.3 Å². The van der Waals surface area contributed by atoms with Gasteiger partial charge in [-0.15, -0.1) is 0 Å². The highest BCUT2D eigenvalue weighted by molar-refractivity contribution is 7.89. The topological polar surface area (TPSA) is 66.8 Å². The number of phenolic OH excluding ortho intramolecular Hbond substituents is 1. The molecule has 6 heteroatoms. The van der Waals surface area contributed by atoms with Gasteiger partial charge in [0.25, 0.3) is 0 Å². The predicted molar refractivity (Wildman–Crippen MR) is 62.3 cm³/mol. The quantitative estimate of drug-likeness (QED) is 0.851. The van der Waals surface area contributed by atoms with E-state index in [4.69, 9.17) is 4.74 Å². The molecule has 1 heterocycles. The molecule has 5 nitrogen and oxygen atoms in total. The zero-order valence-corrected chi connectivity index (χ0v) is 10.2. The lowest BCUT2D eigenvalue weighted by Crippen LogP contribution is -2.33. The number of rotatable bonds is 2. The summed E-state index contributed by atoms with van der Waals surface area (Å²) in [6.45, 7) is 1.73. The smallest absolute Gasteiger partial charge is 0.246 e. The van der Waals surface area contributed by atoms with Crippen LogP contribution in [0.3, 0.4) is 0 Å². The zero-order valence-electron chi connectivity index (χ0n) is 9.37. The van der Waals surface area contributed by atoms with Crippen molar-refractivity contribution in [1.29, 1.82) is 0 Å². The van der Waals surface area contributed by atoms with E-state index in [-0.39, 0.29) is 10.6 Å². The van der Waals surface area contributed by atoms with Crippen LogP contribution in [0.5, 0.6) is 5.75 Å². The largest absolute Gasteiger partial charge is 0.507 e. The van der Waals surface area contributed by atoms with Gasteiger partial charge >= 0.3 is 0 Å². The number of ether oxygens (including phenoxy) is 1. The van der Waals surface area contributed by atoms with Crippen LogP contribution in [0.2, 0.25) is 0 Å². The molecule has 0 radical (unpaired) electrons. The standard InChI is InChI=1S/C11H15NO4S/c13-10-4-1-2-5-11(10)17(14,15)12-6-3-8-16-9-7-12/h1-2,4-5,13H,3,6-9H2. The molecule has 0 atom stereocenters. The molecule has 1 fully saturated rings. The van der Waals surface area contributed by atoms with E-state index < -0.39 is 10.0 Å². The minimum atomic E-state index is -3.61. The molecule has 0 unspecified atom stereocenters. The van der Waals surface area contributed by atoms with Gasteiger partial charge in [0.05, 0.1) is 6.61 Å². The van der Waals surface area contributed by atoms with Crippen LogP contribution in [0.1, 0.15) is 6.42 Å². The molecule has 0 saturated carbocycles. The summed E-state index contributed by atoms with van der Waals surface area (Å²) in [6.07, 6.45) is 0.673. The van der Waals surface area contributed by atoms with E-state index >= 15 is 0 Å². The Labute approximate surface area is 101 Å². The van der Waals surface area contributed by atoms with Gasteiger partial charge < -0.3 is 9.84 Å². The van der Waals surface area contributed by atoms with Gasteiger partial charge in [0.1, 0.15) is 10.6 Å². The summed E-state index contributed by atoms with van der Waals surface area (Å²) < 4.78 is 31.1. The third-order valence-corrected chi connectivity index (χ3v) is 4.61.